The van der Waals surface area contributed by atoms with Crippen LogP contribution in [0.25, 0.3) is 0 Å². The van der Waals surface area contributed by atoms with E-state index in [0.29, 0.717) is 49.5 Å². The number of hydrogen-bond donors (Lipinski definition) is 4. The number of carbonyl (C=O) groups is 2. The highest BCUT2D eigenvalue weighted by Gasteiger charge is 2.39. The summed E-state index contributed by atoms with van der Waals surface area (Å²) < 4.78 is 0. The van der Waals surface area contributed by atoms with E-state index in [9.17, 15) is 24.9 Å². The molecule has 182 valence electrons. The SMILES string of the molecule is CCCNC(=O)CC(O)CC(O)CCC1C(C)C=CC2=CCCC(CC(CC)C(=O)O)C21. The number of hydrogen-bond acceptors (Lipinski definition) is 4. The number of amides is 1. The molecule has 0 heterocycles. The Labute approximate surface area is 193 Å². The molecule has 32 heavy (non-hydrogen) atoms. The first-order valence-corrected chi connectivity index (χ1v) is 12.5. The average molecular weight is 450 g/mol. The summed E-state index contributed by atoms with van der Waals surface area (Å²) in [5.74, 6) is 0.198. The van der Waals surface area contributed by atoms with Gasteiger partial charge in [0.1, 0.15) is 0 Å². The molecule has 2 aliphatic rings. The quantitative estimate of drug-likeness (QED) is 0.339. The van der Waals surface area contributed by atoms with E-state index in [1.807, 2.05) is 13.8 Å². The number of aliphatic hydroxyl groups is 2. The lowest BCUT2D eigenvalue weighted by Crippen LogP contribution is -2.36. The number of aliphatic hydroxyl groups excluding tert-OH is 2. The zero-order chi connectivity index (χ0) is 23.7. The van der Waals surface area contributed by atoms with E-state index in [2.05, 4.69) is 30.5 Å². The molecule has 7 unspecified atom stereocenters. The molecular formula is C26H43NO5. The van der Waals surface area contributed by atoms with E-state index < -0.39 is 18.2 Å². The number of aliphatic carboxylic acids is 1. The van der Waals surface area contributed by atoms with Gasteiger partial charge in [-0.3, -0.25) is 9.59 Å². The van der Waals surface area contributed by atoms with Crippen molar-refractivity contribution < 1.29 is 24.9 Å². The molecule has 6 nitrogen and oxygen atoms in total. The molecule has 0 bridgehead atoms. The van der Waals surface area contributed by atoms with Gasteiger partial charge in [-0.2, -0.15) is 0 Å². The summed E-state index contributed by atoms with van der Waals surface area (Å²) in [5.41, 5.74) is 1.33. The molecule has 0 saturated carbocycles. The van der Waals surface area contributed by atoms with Crippen molar-refractivity contribution in [2.24, 2.45) is 29.6 Å². The van der Waals surface area contributed by atoms with Crippen molar-refractivity contribution in [3.8, 4) is 0 Å². The Morgan fingerprint density at radius 2 is 1.97 bits per heavy atom. The maximum absolute atomic E-state index is 11.8. The predicted molar refractivity (Wildman–Crippen MR) is 126 cm³/mol. The van der Waals surface area contributed by atoms with Gasteiger partial charge in [0.15, 0.2) is 0 Å². The minimum atomic E-state index is -0.843. The fourth-order valence-corrected chi connectivity index (χ4v) is 5.53. The Morgan fingerprint density at radius 1 is 1.22 bits per heavy atom. The Kier molecular flexibility index (Phi) is 10.9. The molecule has 2 aliphatic carbocycles. The second-order valence-corrected chi connectivity index (χ2v) is 9.80. The van der Waals surface area contributed by atoms with Gasteiger partial charge >= 0.3 is 5.97 Å². The molecule has 6 heteroatoms. The van der Waals surface area contributed by atoms with E-state index >= 15 is 0 Å². The van der Waals surface area contributed by atoms with E-state index in [-0.39, 0.29) is 24.7 Å². The fraction of sp³-hybridized carbons (Fsp3) is 0.769. The molecule has 1 amide bonds. The van der Waals surface area contributed by atoms with Gasteiger partial charge in [0.2, 0.25) is 5.91 Å². The largest absolute Gasteiger partial charge is 0.481 e. The average Bonchev–Trinajstić information content (AvgIpc) is 2.74. The smallest absolute Gasteiger partial charge is 0.306 e. The van der Waals surface area contributed by atoms with Crippen molar-refractivity contribution in [1.82, 2.24) is 5.32 Å². The molecule has 0 aliphatic heterocycles. The number of carboxylic acids is 1. The van der Waals surface area contributed by atoms with Crippen LogP contribution in [0.15, 0.2) is 23.8 Å². The second kappa shape index (κ2) is 13.1. The van der Waals surface area contributed by atoms with Gasteiger partial charge in [-0.05, 0) is 80.6 Å². The van der Waals surface area contributed by atoms with Crippen LogP contribution < -0.4 is 5.32 Å². The first-order chi connectivity index (χ1) is 15.3. The molecule has 0 saturated heterocycles. The van der Waals surface area contributed by atoms with Gasteiger partial charge in [0, 0.05) is 6.54 Å². The Bertz CT molecular complexity index is 673. The molecule has 7 atom stereocenters. The Morgan fingerprint density at radius 3 is 2.62 bits per heavy atom. The number of allylic oxidation sites excluding steroid dienone is 4. The van der Waals surface area contributed by atoms with Crippen molar-refractivity contribution in [3.05, 3.63) is 23.8 Å². The Balaban J connectivity index is 1.97. The standard InChI is InChI=1S/C26H43NO5/c1-4-13-27-24(30)16-22(29)15-21(28)11-12-23-17(3)9-10-19-7-6-8-20(25(19)23)14-18(5-2)26(31)32/h7,9-10,17-18,20-23,25,28-29H,4-6,8,11-16H2,1-3H3,(H,27,30)(H,31,32). The highest BCUT2D eigenvalue weighted by atomic mass is 16.4. The number of rotatable bonds is 13. The summed E-state index contributed by atoms with van der Waals surface area (Å²) in [6, 6.07) is 0. The zero-order valence-corrected chi connectivity index (χ0v) is 20.0. The summed E-state index contributed by atoms with van der Waals surface area (Å²) in [4.78, 5) is 23.4. The third-order valence-corrected chi connectivity index (χ3v) is 7.34. The van der Waals surface area contributed by atoms with Crippen LogP contribution in [-0.4, -0.2) is 45.9 Å². The molecule has 0 spiro atoms. The van der Waals surface area contributed by atoms with Crippen LogP contribution >= 0.6 is 0 Å². The lowest BCUT2D eigenvalue weighted by molar-refractivity contribution is -0.142. The third-order valence-electron chi connectivity index (χ3n) is 7.34. The van der Waals surface area contributed by atoms with Crippen molar-refractivity contribution in [2.75, 3.05) is 6.54 Å². The highest BCUT2D eigenvalue weighted by Crippen LogP contribution is 2.47. The summed E-state index contributed by atoms with van der Waals surface area (Å²) >= 11 is 0. The third kappa shape index (κ3) is 7.73. The van der Waals surface area contributed by atoms with E-state index in [4.69, 9.17) is 0 Å². The van der Waals surface area contributed by atoms with Gasteiger partial charge in [-0.25, -0.2) is 0 Å². The molecule has 0 aromatic rings. The molecule has 0 aromatic carbocycles. The number of carbonyl (C=O) groups excluding carboxylic acids is 1. The first-order valence-electron chi connectivity index (χ1n) is 12.5. The normalized spacial score (nSPS) is 27.7. The Hall–Kier alpha value is -1.66. The molecule has 2 rings (SSSR count). The van der Waals surface area contributed by atoms with Crippen LogP contribution in [0.5, 0.6) is 0 Å². The number of carboxylic acid groups (broad SMARTS) is 1. The van der Waals surface area contributed by atoms with Crippen molar-refractivity contribution in [3.63, 3.8) is 0 Å². The maximum atomic E-state index is 11.8. The van der Waals surface area contributed by atoms with Crippen LogP contribution in [-0.2, 0) is 9.59 Å². The molecule has 0 aromatic heterocycles. The summed E-state index contributed by atoms with van der Waals surface area (Å²) in [6.07, 6.45) is 11.1. The number of nitrogens with one attached hydrogen (secondary N) is 1. The highest BCUT2D eigenvalue weighted by molar-refractivity contribution is 5.76. The summed E-state index contributed by atoms with van der Waals surface area (Å²) in [6.45, 7) is 6.73. The number of fused-ring (bicyclic) bond motifs is 1. The van der Waals surface area contributed by atoms with E-state index in [1.165, 1.54) is 5.57 Å². The predicted octanol–water partition coefficient (Wildman–Crippen LogP) is 4.07. The van der Waals surface area contributed by atoms with Gasteiger partial charge in [0.25, 0.3) is 0 Å². The van der Waals surface area contributed by atoms with Gasteiger partial charge in [-0.15, -0.1) is 0 Å². The summed E-state index contributed by atoms with van der Waals surface area (Å²) in [5, 5.41) is 33.1. The lowest BCUT2D eigenvalue weighted by Gasteiger charge is -2.43. The topological polar surface area (TPSA) is 107 Å². The second-order valence-electron chi connectivity index (χ2n) is 9.80. The first kappa shape index (κ1) is 26.6. The zero-order valence-electron chi connectivity index (χ0n) is 20.0. The lowest BCUT2D eigenvalue weighted by atomic mass is 9.62. The van der Waals surface area contributed by atoms with Crippen molar-refractivity contribution in [2.45, 2.75) is 90.8 Å². The van der Waals surface area contributed by atoms with E-state index in [0.717, 1.165) is 25.7 Å². The van der Waals surface area contributed by atoms with Crippen LogP contribution in [0.4, 0.5) is 0 Å². The monoisotopic (exact) mass is 449 g/mol. The molecule has 0 radical (unpaired) electrons. The molecular weight excluding hydrogens is 406 g/mol. The summed E-state index contributed by atoms with van der Waals surface area (Å²) in [7, 11) is 0. The van der Waals surface area contributed by atoms with Gasteiger partial charge in [0.05, 0.1) is 24.5 Å². The van der Waals surface area contributed by atoms with E-state index in [1.54, 1.807) is 0 Å². The minimum absolute atomic E-state index is 0.0187. The van der Waals surface area contributed by atoms with Gasteiger partial charge < -0.3 is 20.6 Å². The van der Waals surface area contributed by atoms with Crippen LogP contribution in [0.1, 0.15) is 78.6 Å². The van der Waals surface area contributed by atoms with Gasteiger partial charge in [-0.1, -0.05) is 39.0 Å². The van der Waals surface area contributed by atoms with Crippen molar-refractivity contribution >= 4 is 11.9 Å². The minimum Gasteiger partial charge on any atom is -0.481 e. The maximum Gasteiger partial charge on any atom is 0.306 e. The van der Waals surface area contributed by atoms with Crippen LogP contribution in [0.2, 0.25) is 0 Å². The molecule has 0 fully saturated rings. The van der Waals surface area contributed by atoms with Crippen LogP contribution in [0, 0.1) is 29.6 Å². The fourth-order valence-electron chi connectivity index (χ4n) is 5.53. The molecule has 4 N–H and O–H groups in total. The van der Waals surface area contributed by atoms with Crippen LogP contribution in [0.3, 0.4) is 0 Å². The van der Waals surface area contributed by atoms with Crippen molar-refractivity contribution in [1.29, 1.82) is 0 Å².